The van der Waals surface area contributed by atoms with Crippen molar-refractivity contribution in [1.29, 1.82) is 10.5 Å². The number of rotatable bonds is 10. The van der Waals surface area contributed by atoms with Crippen molar-refractivity contribution in [1.82, 2.24) is 0 Å². The van der Waals surface area contributed by atoms with E-state index in [1.165, 1.54) is 0 Å². The molecule has 0 N–H and O–H groups in total. The van der Waals surface area contributed by atoms with E-state index in [-0.39, 0.29) is 5.92 Å². The molecule has 0 heterocycles. The Balaban J connectivity index is 3.67. The van der Waals surface area contributed by atoms with Gasteiger partial charge in [-0.1, -0.05) is 0 Å². The molecule has 1 atom stereocenters. The topological polar surface area (TPSA) is 66.0 Å². The van der Waals surface area contributed by atoms with E-state index >= 15 is 0 Å². The molecule has 18 heavy (non-hydrogen) atoms. The van der Waals surface area contributed by atoms with E-state index in [4.69, 9.17) is 19.4 Å². The summed E-state index contributed by atoms with van der Waals surface area (Å²) in [5.74, 6) is 1.83. The molecule has 0 bridgehead atoms. The molecule has 4 nitrogen and oxygen atoms in total. The molecule has 0 aromatic carbocycles. The minimum Gasteiger partial charge on any atom is -0.398 e. The summed E-state index contributed by atoms with van der Waals surface area (Å²) in [6, 6.07) is 5.31. The Morgan fingerprint density at radius 2 is 1.94 bits per heavy atom. The lowest BCUT2D eigenvalue weighted by molar-refractivity contribution is 0.249. The first kappa shape index (κ1) is 17.5. The molecular weight excluding hydrogens is 264 g/mol. The van der Waals surface area contributed by atoms with E-state index in [0.29, 0.717) is 12.8 Å². The maximum Gasteiger partial charge on any atom is 0.334 e. The Kier molecular flexibility index (Phi) is 10.1. The van der Waals surface area contributed by atoms with Crippen molar-refractivity contribution in [2.75, 3.05) is 25.7 Å². The lowest BCUT2D eigenvalue weighted by Gasteiger charge is -2.22. The Bertz CT molecular complexity index is 297. The lowest BCUT2D eigenvalue weighted by Crippen LogP contribution is -2.35. The largest absolute Gasteiger partial charge is 0.398 e. The van der Waals surface area contributed by atoms with E-state index in [9.17, 15) is 0 Å². The molecule has 0 aromatic heterocycles. The second kappa shape index (κ2) is 10.4. The molecule has 0 aromatic rings. The van der Waals surface area contributed by atoms with Crippen LogP contribution in [0.25, 0.3) is 0 Å². The molecule has 0 rings (SSSR count). The highest BCUT2D eigenvalue weighted by atomic mass is 32.2. The van der Waals surface area contributed by atoms with Gasteiger partial charge in [-0.05, 0) is 31.2 Å². The molecule has 0 radical (unpaired) electrons. The minimum absolute atomic E-state index is 0.00290. The van der Waals surface area contributed by atoms with Crippen molar-refractivity contribution < 1.29 is 8.85 Å². The lowest BCUT2D eigenvalue weighted by atomic mass is 10.1. The smallest absolute Gasteiger partial charge is 0.334 e. The van der Waals surface area contributed by atoms with E-state index in [1.54, 1.807) is 26.0 Å². The van der Waals surface area contributed by atoms with Gasteiger partial charge in [0.25, 0.3) is 0 Å². The molecule has 102 valence electrons. The van der Waals surface area contributed by atoms with Crippen LogP contribution in [0.5, 0.6) is 0 Å². The standard InChI is InChI=1S/C12H22N2O2SSi/c1-15-18(3,16-2)9-5-8-17-11-12(10-14)6-4-7-13/h12H,4-6,8-9,11H2,1-3H3. The van der Waals surface area contributed by atoms with Gasteiger partial charge in [0.15, 0.2) is 0 Å². The van der Waals surface area contributed by atoms with Crippen LogP contribution >= 0.6 is 11.8 Å². The Morgan fingerprint density at radius 3 is 2.44 bits per heavy atom. The van der Waals surface area contributed by atoms with Crippen LogP contribution in [-0.4, -0.2) is 34.3 Å². The summed E-state index contributed by atoms with van der Waals surface area (Å²) < 4.78 is 10.8. The molecule has 0 aliphatic rings. The molecule has 0 saturated heterocycles. The van der Waals surface area contributed by atoms with Gasteiger partial charge in [0, 0.05) is 26.4 Å². The highest BCUT2D eigenvalue weighted by Gasteiger charge is 2.27. The zero-order chi connectivity index (χ0) is 13.9. The first-order valence-electron chi connectivity index (χ1n) is 6.06. The zero-order valence-electron chi connectivity index (χ0n) is 11.4. The predicted molar refractivity (Wildman–Crippen MR) is 76.3 cm³/mol. The van der Waals surface area contributed by atoms with Gasteiger partial charge in [0.1, 0.15) is 0 Å². The van der Waals surface area contributed by atoms with Crippen molar-refractivity contribution in [3.05, 3.63) is 0 Å². The van der Waals surface area contributed by atoms with Crippen molar-refractivity contribution in [3.8, 4) is 12.1 Å². The molecule has 0 amide bonds. The van der Waals surface area contributed by atoms with Gasteiger partial charge in [-0.15, -0.1) is 0 Å². The highest BCUT2D eigenvalue weighted by molar-refractivity contribution is 7.99. The molecule has 6 heteroatoms. The minimum atomic E-state index is -1.93. The third-order valence-corrected chi connectivity index (χ3v) is 7.09. The van der Waals surface area contributed by atoms with Crippen LogP contribution in [0.15, 0.2) is 0 Å². The summed E-state index contributed by atoms with van der Waals surface area (Å²) in [7, 11) is 1.48. The fourth-order valence-corrected chi connectivity index (χ4v) is 4.12. The van der Waals surface area contributed by atoms with Crippen LogP contribution in [0, 0.1) is 28.6 Å². The van der Waals surface area contributed by atoms with Crippen LogP contribution in [-0.2, 0) is 8.85 Å². The normalized spacial score (nSPS) is 12.7. The average molecular weight is 286 g/mol. The zero-order valence-corrected chi connectivity index (χ0v) is 13.3. The first-order valence-corrected chi connectivity index (χ1v) is 9.74. The third-order valence-electron chi connectivity index (χ3n) is 2.89. The number of thioether (sulfide) groups is 1. The Morgan fingerprint density at radius 1 is 1.28 bits per heavy atom. The number of hydrogen-bond donors (Lipinski definition) is 0. The quantitative estimate of drug-likeness (QED) is 0.456. The van der Waals surface area contributed by atoms with E-state index in [1.807, 2.05) is 0 Å². The summed E-state index contributed by atoms with van der Waals surface area (Å²) in [6.07, 6.45) is 2.20. The monoisotopic (exact) mass is 286 g/mol. The van der Waals surface area contributed by atoms with Gasteiger partial charge in [-0.2, -0.15) is 22.3 Å². The van der Waals surface area contributed by atoms with Crippen molar-refractivity contribution in [3.63, 3.8) is 0 Å². The maximum absolute atomic E-state index is 8.91. The second-order valence-corrected chi connectivity index (χ2v) is 8.98. The fourth-order valence-electron chi connectivity index (χ4n) is 1.43. The molecule has 1 unspecified atom stereocenters. The Labute approximate surface area is 116 Å². The van der Waals surface area contributed by atoms with Crippen molar-refractivity contribution >= 4 is 20.3 Å². The molecule has 0 spiro atoms. The Hall–Kier alpha value is -0.533. The van der Waals surface area contributed by atoms with Gasteiger partial charge >= 0.3 is 8.56 Å². The van der Waals surface area contributed by atoms with E-state index < -0.39 is 8.56 Å². The first-order chi connectivity index (χ1) is 8.61. The number of nitrogens with zero attached hydrogens (tertiary/aromatic N) is 2. The van der Waals surface area contributed by atoms with Crippen LogP contribution in [0.4, 0.5) is 0 Å². The van der Waals surface area contributed by atoms with Gasteiger partial charge in [0.2, 0.25) is 0 Å². The van der Waals surface area contributed by atoms with Gasteiger partial charge < -0.3 is 8.85 Å². The van der Waals surface area contributed by atoms with Gasteiger partial charge in [-0.25, -0.2) is 0 Å². The second-order valence-electron chi connectivity index (χ2n) is 4.24. The summed E-state index contributed by atoms with van der Waals surface area (Å²) in [5, 5.41) is 17.4. The third kappa shape index (κ3) is 7.73. The van der Waals surface area contributed by atoms with Gasteiger partial charge in [0.05, 0.1) is 18.1 Å². The fraction of sp³-hybridized carbons (Fsp3) is 0.833. The number of nitriles is 2. The van der Waals surface area contributed by atoms with Crippen LogP contribution in [0.2, 0.25) is 12.6 Å². The van der Waals surface area contributed by atoms with Crippen molar-refractivity contribution in [2.24, 2.45) is 5.92 Å². The average Bonchev–Trinajstić information content (AvgIpc) is 2.41. The van der Waals surface area contributed by atoms with Crippen molar-refractivity contribution in [2.45, 2.75) is 31.9 Å². The maximum atomic E-state index is 8.91. The van der Waals surface area contributed by atoms with E-state index in [0.717, 1.165) is 24.0 Å². The molecule has 0 saturated carbocycles. The molecule has 0 aliphatic carbocycles. The molecule has 0 fully saturated rings. The van der Waals surface area contributed by atoms with Crippen LogP contribution < -0.4 is 0 Å². The summed E-state index contributed by atoms with van der Waals surface area (Å²) >= 11 is 1.78. The highest BCUT2D eigenvalue weighted by Crippen LogP contribution is 2.18. The molecule has 0 aliphatic heterocycles. The SMILES string of the molecule is CO[Si](C)(CCCSCC(C#N)CCC#N)OC. The summed E-state index contributed by atoms with van der Waals surface area (Å²) in [5.41, 5.74) is 0. The van der Waals surface area contributed by atoms with Crippen LogP contribution in [0.3, 0.4) is 0 Å². The molecular formula is C12H22N2O2SSi. The summed E-state index contributed by atoms with van der Waals surface area (Å²) in [6.45, 7) is 2.06. The van der Waals surface area contributed by atoms with Gasteiger partial charge in [-0.3, -0.25) is 0 Å². The predicted octanol–water partition coefficient (Wildman–Crippen LogP) is 2.92. The number of hydrogen-bond acceptors (Lipinski definition) is 5. The van der Waals surface area contributed by atoms with E-state index in [2.05, 4.69) is 18.7 Å². The summed E-state index contributed by atoms with van der Waals surface area (Å²) in [4.78, 5) is 0. The van der Waals surface area contributed by atoms with Crippen LogP contribution in [0.1, 0.15) is 19.3 Å².